The highest BCUT2D eigenvalue weighted by Crippen LogP contribution is 2.26. The van der Waals surface area contributed by atoms with E-state index in [0.29, 0.717) is 10.0 Å². The van der Waals surface area contributed by atoms with Crippen molar-refractivity contribution in [2.24, 2.45) is 0 Å². The molecule has 0 spiro atoms. The Labute approximate surface area is 101 Å². The third-order valence-electron chi connectivity index (χ3n) is 2.03. The average Bonchev–Trinajstić information content (AvgIpc) is 2.20. The molecule has 1 N–H and O–H groups in total. The molecular weight excluding hydrogens is 233 g/mol. The average molecular weight is 248 g/mol. The van der Waals surface area contributed by atoms with Gasteiger partial charge in [-0.15, -0.1) is 0 Å². The van der Waals surface area contributed by atoms with Gasteiger partial charge in [0.05, 0.1) is 16.1 Å². The Morgan fingerprint density at radius 2 is 2.07 bits per heavy atom. The van der Waals surface area contributed by atoms with Crippen LogP contribution in [0.3, 0.4) is 0 Å². The summed E-state index contributed by atoms with van der Waals surface area (Å²) in [6.45, 7) is 2.96. The van der Waals surface area contributed by atoms with Gasteiger partial charge in [-0.3, -0.25) is 0 Å². The summed E-state index contributed by atoms with van der Waals surface area (Å²) >= 11 is 11.7. The molecule has 1 atom stereocenters. The van der Waals surface area contributed by atoms with Crippen molar-refractivity contribution in [3.8, 4) is 5.75 Å². The van der Waals surface area contributed by atoms with Crippen molar-refractivity contribution in [1.29, 1.82) is 0 Å². The van der Waals surface area contributed by atoms with E-state index in [-0.39, 0.29) is 6.10 Å². The third kappa shape index (κ3) is 4.29. The number of halogens is 2. The van der Waals surface area contributed by atoms with Crippen molar-refractivity contribution < 1.29 is 4.74 Å². The molecule has 0 aromatic heterocycles. The molecule has 0 amide bonds. The Morgan fingerprint density at radius 1 is 1.33 bits per heavy atom. The maximum absolute atomic E-state index is 5.88. The lowest BCUT2D eigenvalue weighted by atomic mass is 10.2. The number of benzene rings is 1. The highest BCUT2D eigenvalue weighted by Gasteiger charge is 2.05. The summed E-state index contributed by atoms with van der Waals surface area (Å²) in [5.74, 6) is 0.757. The van der Waals surface area contributed by atoms with Crippen molar-refractivity contribution in [2.45, 2.75) is 19.4 Å². The van der Waals surface area contributed by atoms with E-state index in [0.717, 1.165) is 18.7 Å². The standard InChI is InChI=1S/C11H15Cl2NO/c1-8(5-6-14-2)15-9-3-4-10(12)11(13)7-9/h3-4,7-8,14H,5-6H2,1-2H3. The topological polar surface area (TPSA) is 21.3 Å². The van der Waals surface area contributed by atoms with Crippen LogP contribution in [-0.4, -0.2) is 19.7 Å². The SMILES string of the molecule is CNCCC(C)Oc1ccc(Cl)c(Cl)c1. The van der Waals surface area contributed by atoms with E-state index in [1.807, 2.05) is 20.0 Å². The van der Waals surface area contributed by atoms with Crippen LogP contribution in [0.5, 0.6) is 5.75 Å². The molecule has 1 unspecified atom stereocenters. The largest absolute Gasteiger partial charge is 0.491 e. The Kier molecular flexibility index (Phi) is 5.23. The van der Waals surface area contributed by atoms with Crippen LogP contribution in [0.2, 0.25) is 10.0 Å². The lowest BCUT2D eigenvalue weighted by molar-refractivity contribution is 0.211. The lowest BCUT2D eigenvalue weighted by Crippen LogP contribution is -2.19. The van der Waals surface area contributed by atoms with Crippen LogP contribution in [0.15, 0.2) is 18.2 Å². The monoisotopic (exact) mass is 247 g/mol. The molecule has 1 aromatic carbocycles. The molecule has 0 saturated heterocycles. The molecule has 0 fully saturated rings. The lowest BCUT2D eigenvalue weighted by Gasteiger charge is -2.14. The fourth-order valence-electron chi connectivity index (χ4n) is 1.19. The van der Waals surface area contributed by atoms with E-state index in [2.05, 4.69) is 5.32 Å². The van der Waals surface area contributed by atoms with Gasteiger partial charge in [0.15, 0.2) is 0 Å². The van der Waals surface area contributed by atoms with Crippen LogP contribution in [0.4, 0.5) is 0 Å². The number of nitrogens with one attached hydrogen (secondary N) is 1. The summed E-state index contributed by atoms with van der Waals surface area (Å²) in [5.41, 5.74) is 0. The smallest absolute Gasteiger partial charge is 0.121 e. The molecule has 0 bridgehead atoms. The van der Waals surface area contributed by atoms with Gasteiger partial charge in [-0.1, -0.05) is 23.2 Å². The molecule has 0 aliphatic heterocycles. The first kappa shape index (κ1) is 12.6. The Hall–Kier alpha value is -0.440. The molecule has 4 heteroatoms. The van der Waals surface area contributed by atoms with E-state index >= 15 is 0 Å². The van der Waals surface area contributed by atoms with Gasteiger partial charge in [-0.2, -0.15) is 0 Å². The predicted molar refractivity (Wildman–Crippen MR) is 65.1 cm³/mol. The molecule has 1 aromatic rings. The Bertz CT molecular complexity index is 317. The summed E-state index contributed by atoms with van der Waals surface area (Å²) in [4.78, 5) is 0. The van der Waals surface area contributed by atoms with Crippen molar-refractivity contribution in [3.05, 3.63) is 28.2 Å². The minimum atomic E-state index is 0.162. The Morgan fingerprint density at radius 3 is 2.67 bits per heavy atom. The van der Waals surface area contributed by atoms with Gasteiger partial charge in [0.25, 0.3) is 0 Å². The zero-order chi connectivity index (χ0) is 11.3. The quantitative estimate of drug-likeness (QED) is 0.862. The molecular formula is C11H15Cl2NO. The van der Waals surface area contributed by atoms with E-state index in [4.69, 9.17) is 27.9 Å². The molecule has 0 aliphatic rings. The second-order valence-corrected chi connectivity index (χ2v) is 4.21. The minimum Gasteiger partial charge on any atom is -0.491 e. The van der Waals surface area contributed by atoms with Crippen molar-refractivity contribution in [3.63, 3.8) is 0 Å². The molecule has 1 rings (SSSR count). The molecule has 84 valence electrons. The van der Waals surface area contributed by atoms with Gasteiger partial charge in [-0.05, 0) is 39.1 Å². The van der Waals surface area contributed by atoms with E-state index in [1.165, 1.54) is 0 Å². The van der Waals surface area contributed by atoms with Gasteiger partial charge in [0.2, 0.25) is 0 Å². The Balaban J connectivity index is 2.53. The summed E-state index contributed by atoms with van der Waals surface area (Å²) < 4.78 is 5.67. The molecule has 2 nitrogen and oxygen atoms in total. The first-order chi connectivity index (χ1) is 7.13. The van der Waals surface area contributed by atoms with Crippen molar-refractivity contribution >= 4 is 23.2 Å². The molecule has 0 aliphatic carbocycles. The van der Waals surface area contributed by atoms with Gasteiger partial charge < -0.3 is 10.1 Å². The molecule has 0 saturated carbocycles. The van der Waals surface area contributed by atoms with E-state index < -0.39 is 0 Å². The van der Waals surface area contributed by atoms with Crippen molar-refractivity contribution in [1.82, 2.24) is 5.32 Å². The fourth-order valence-corrected chi connectivity index (χ4v) is 1.48. The highest BCUT2D eigenvalue weighted by molar-refractivity contribution is 6.42. The zero-order valence-corrected chi connectivity index (χ0v) is 10.4. The molecule has 15 heavy (non-hydrogen) atoms. The number of hydrogen-bond donors (Lipinski definition) is 1. The maximum atomic E-state index is 5.88. The molecule has 0 radical (unpaired) electrons. The van der Waals surface area contributed by atoms with Crippen LogP contribution in [0, 0.1) is 0 Å². The summed E-state index contributed by atoms with van der Waals surface area (Å²) in [5, 5.41) is 4.15. The second-order valence-electron chi connectivity index (χ2n) is 3.40. The van der Waals surface area contributed by atoms with Gasteiger partial charge in [-0.25, -0.2) is 0 Å². The van der Waals surface area contributed by atoms with Gasteiger partial charge >= 0.3 is 0 Å². The van der Waals surface area contributed by atoms with Crippen LogP contribution in [0.25, 0.3) is 0 Å². The fraction of sp³-hybridized carbons (Fsp3) is 0.455. The molecule has 0 heterocycles. The van der Waals surface area contributed by atoms with Crippen LogP contribution in [-0.2, 0) is 0 Å². The highest BCUT2D eigenvalue weighted by atomic mass is 35.5. The predicted octanol–water partition coefficient (Wildman–Crippen LogP) is 3.37. The number of ether oxygens (including phenoxy) is 1. The maximum Gasteiger partial charge on any atom is 0.121 e. The summed E-state index contributed by atoms with van der Waals surface area (Å²) in [6, 6.07) is 5.30. The van der Waals surface area contributed by atoms with Crippen LogP contribution in [0.1, 0.15) is 13.3 Å². The van der Waals surface area contributed by atoms with Gasteiger partial charge in [0.1, 0.15) is 5.75 Å². The van der Waals surface area contributed by atoms with E-state index in [1.54, 1.807) is 12.1 Å². The van der Waals surface area contributed by atoms with E-state index in [9.17, 15) is 0 Å². The second kappa shape index (κ2) is 6.21. The van der Waals surface area contributed by atoms with Gasteiger partial charge in [0, 0.05) is 6.07 Å². The first-order valence-electron chi connectivity index (χ1n) is 4.89. The zero-order valence-electron chi connectivity index (χ0n) is 8.89. The van der Waals surface area contributed by atoms with Crippen molar-refractivity contribution in [2.75, 3.05) is 13.6 Å². The van der Waals surface area contributed by atoms with Crippen LogP contribution < -0.4 is 10.1 Å². The number of rotatable bonds is 5. The summed E-state index contributed by atoms with van der Waals surface area (Å²) in [7, 11) is 1.92. The first-order valence-corrected chi connectivity index (χ1v) is 5.65. The minimum absolute atomic E-state index is 0.162. The third-order valence-corrected chi connectivity index (χ3v) is 2.77. The normalized spacial score (nSPS) is 12.5. The van der Waals surface area contributed by atoms with Crippen LogP contribution >= 0.6 is 23.2 Å². The summed E-state index contributed by atoms with van der Waals surface area (Å²) in [6.07, 6.45) is 1.12. The number of hydrogen-bond acceptors (Lipinski definition) is 2.